The lowest BCUT2D eigenvalue weighted by Crippen LogP contribution is -2.52. The van der Waals surface area contributed by atoms with E-state index >= 15 is 0 Å². The SMILES string of the molecule is Cc1ccc(/C=C/C(=O)N(Cc2ccc(-c3ncccn3)cc2)[C@@H](Cc2ccccc2)C(=O)N2CCc3ccccc3C2)nc1. The molecular weight excluding hydrogens is 558 g/mol. The second-order valence-corrected chi connectivity index (χ2v) is 11.3. The van der Waals surface area contributed by atoms with Gasteiger partial charge in [-0.3, -0.25) is 14.6 Å². The molecule has 7 heteroatoms. The van der Waals surface area contributed by atoms with Crippen molar-refractivity contribution in [2.75, 3.05) is 6.54 Å². The van der Waals surface area contributed by atoms with E-state index in [0.29, 0.717) is 31.0 Å². The summed E-state index contributed by atoms with van der Waals surface area (Å²) in [4.78, 5) is 45.3. The van der Waals surface area contributed by atoms with Crippen LogP contribution in [-0.4, -0.2) is 49.2 Å². The number of rotatable bonds is 9. The van der Waals surface area contributed by atoms with E-state index in [1.165, 1.54) is 11.6 Å². The quantitative estimate of drug-likeness (QED) is 0.194. The zero-order valence-corrected chi connectivity index (χ0v) is 25.3. The average Bonchev–Trinajstić information content (AvgIpc) is 3.10. The van der Waals surface area contributed by atoms with Crippen molar-refractivity contribution in [2.24, 2.45) is 0 Å². The van der Waals surface area contributed by atoms with E-state index in [1.807, 2.05) is 90.7 Å². The van der Waals surface area contributed by atoms with Crippen LogP contribution in [0.5, 0.6) is 0 Å². The highest BCUT2D eigenvalue weighted by Gasteiger charge is 2.34. The van der Waals surface area contributed by atoms with Crippen molar-refractivity contribution in [3.05, 3.63) is 155 Å². The second kappa shape index (κ2) is 13.9. The summed E-state index contributed by atoms with van der Waals surface area (Å²) in [6.07, 6.45) is 9.63. The van der Waals surface area contributed by atoms with E-state index in [1.54, 1.807) is 35.6 Å². The van der Waals surface area contributed by atoms with Crippen LogP contribution in [0.4, 0.5) is 0 Å². The molecule has 3 aromatic carbocycles. The molecule has 1 aliphatic rings. The molecule has 0 saturated heterocycles. The van der Waals surface area contributed by atoms with Crippen LogP contribution in [0, 0.1) is 6.92 Å². The van der Waals surface area contributed by atoms with Crippen LogP contribution in [0.15, 0.2) is 122 Å². The number of fused-ring (bicyclic) bond motifs is 1. The van der Waals surface area contributed by atoms with Crippen LogP contribution >= 0.6 is 0 Å². The molecular formula is C38H35N5O2. The summed E-state index contributed by atoms with van der Waals surface area (Å²) >= 11 is 0. The number of aryl methyl sites for hydroxylation is 1. The standard InChI is InChI=1S/C38H35N5O2/c1-28-12-17-34(41-25-28)18-19-36(44)43(26-30-13-15-32(16-14-30)37-39-21-7-22-40-37)35(24-29-8-3-2-4-9-29)38(45)42-23-20-31-10-5-6-11-33(31)27-42/h2-19,21-22,25,35H,20,23-24,26-27H2,1H3/b19-18+/t35-/m0/s1. The first-order chi connectivity index (χ1) is 22.0. The molecule has 224 valence electrons. The van der Waals surface area contributed by atoms with Crippen LogP contribution < -0.4 is 0 Å². The summed E-state index contributed by atoms with van der Waals surface area (Å²) in [5.41, 5.74) is 6.92. The number of amides is 2. The second-order valence-electron chi connectivity index (χ2n) is 11.3. The topological polar surface area (TPSA) is 79.3 Å². The highest BCUT2D eigenvalue weighted by atomic mass is 16.2. The van der Waals surface area contributed by atoms with Gasteiger partial charge >= 0.3 is 0 Å². The van der Waals surface area contributed by atoms with Crippen molar-refractivity contribution in [1.82, 2.24) is 24.8 Å². The molecule has 3 heterocycles. The Labute approximate surface area is 263 Å². The van der Waals surface area contributed by atoms with Crippen LogP contribution in [0.1, 0.15) is 33.5 Å². The Kier molecular flexibility index (Phi) is 9.16. The molecule has 2 aromatic heterocycles. The Bertz CT molecular complexity index is 1770. The molecule has 7 nitrogen and oxygen atoms in total. The highest BCUT2D eigenvalue weighted by Crippen LogP contribution is 2.24. The summed E-state index contributed by atoms with van der Waals surface area (Å²) in [6, 6.07) is 30.9. The summed E-state index contributed by atoms with van der Waals surface area (Å²) in [5, 5.41) is 0. The van der Waals surface area contributed by atoms with Crippen LogP contribution in [0.25, 0.3) is 17.5 Å². The van der Waals surface area contributed by atoms with Gasteiger partial charge < -0.3 is 9.80 Å². The highest BCUT2D eigenvalue weighted by molar-refractivity contribution is 5.95. The van der Waals surface area contributed by atoms with Gasteiger partial charge in [-0.25, -0.2) is 9.97 Å². The molecule has 45 heavy (non-hydrogen) atoms. The molecule has 0 unspecified atom stereocenters. The minimum Gasteiger partial charge on any atom is -0.336 e. The maximum Gasteiger partial charge on any atom is 0.247 e. The Balaban J connectivity index is 1.34. The minimum atomic E-state index is -0.710. The van der Waals surface area contributed by atoms with Gasteiger partial charge in [0.05, 0.1) is 5.69 Å². The van der Waals surface area contributed by atoms with Gasteiger partial charge in [0.15, 0.2) is 5.82 Å². The van der Waals surface area contributed by atoms with E-state index in [-0.39, 0.29) is 18.4 Å². The zero-order valence-electron chi connectivity index (χ0n) is 25.3. The fourth-order valence-electron chi connectivity index (χ4n) is 5.64. The number of benzene rings is 3. The van der Waals surface area contributed by atoms with Crippen molar-refractivity contribution in [1.29, 1.82) is 0 Å². The summed E-state index contributed by atoms with van der Waals surface area (Å²) in [6.45, 7) is 3.37. The Morgan fingerprint density at radius 2 is 1.56 bits per heavy atom. The lowest BCUT2D eigenvalue weighted by molar-refractivity contribution is -0.144. The first-order valence-corrected chi connectivity index (χ1v) is 15.2. The minimum absolute atomic E-state index is 0.0575. The molecule has 1 atom stereocenters. The van der Waals surface area contributed by atoms with E-state index < -0.39 is 6.04 Å². The van der Waals surface area contributed by atoms with Gasteiger partial charge in [0.25, 0.3) is 0 Å². The number of aromatic nitrogens is 3. The smallest absolute Gasteiger partial charge is 0.247 e. The molecule has 0 N–H and O–H groups in total. The van der Waals surface area contributed by atoms with E-state index in [2.05, 4.69) is 27.1 Å². The molecule has 0 radical (unpaired) electrons. The predicted octanol–water partition coefficient (Wildman–Crippen LogP) is 6.09. The molecule has 0 fully saturated rings. The number of nitrogens with zero attached hydrogens (tertiary/aromatic N) is 5. The predicted molar refractivity (Wildman–Crippen MR) is 176 cm³/mol. The largest absolute Gasteiger partial charge is 0.336 e. The van der Waals surface area contributed by atoms with Crippen molar-refractivity contribution < 1.29 is 9.59 Å². The first-order valence-electron chi connectivity index (χ1n) is 15.2. The van der Waals surface area contributed by atoms with Crippen LogP contribution in [0.2, 0.25) is 0 Å². The van der Waals surface area contributed by atoms with Gasteiger partial charge in [-0.1, -0.05) is 84.9 Å². The number of carbonyl (C=O) groups is 2. The van der Waals surface area contributed by atoms with Gasteiger partial charge in [-0.05, 0) is 59.4 Å². The molecule has 6 rings (SSSR count). The van der Waals surface area contributed by atoms with Gasteiger partial charge in [-0.15, -0.1) is 0 Å². The molecule has 0 bridgehead atoms. The number of carbonyl (C=O) groups excluding carboxylic acids is 2. The van der Waals surface area contributed by atoms with Crippen LogP contribution in [0.3, 0.4) is 0 Å². The summed E-state index contributed by atoms with van der Waals surface area (Å²) in [5.74, 6) is 0.324. The van der Waals surface area contributed by atoms with Crippen molar-refractivity contribution in [2.45, 2.75) is 38.9 Å². The normalized spacial score (nSPS) is 13.3. The van der Waals surface area contributed by atoms with E-state index in [9.17, 15) is 9.59 Å². The monoisotopic (exact) mass is 593 g/mol. The lowest BCUT2D eigenvalue weighted by Gasteiger charge is -2.37. The molecule has 0 spiro atoms. The van der Waals surface area contributed by atoms with Gasteiger partial charge in [0.2, 0.25) is 11.8 Å². The maximum absolute atomic E-state index is 14.5. The Hall–Kier alpha value is -5.43. The summed E-state index contributed by atoms with van der Waals surface area (Å²) < 4.78 is 0. The lowest BCUT2D eigenvalue weighted by atomic mass is 9.97. The van der Waals surface area contributed by atoms with Gasteiger partial charge in [0.1, 0.15) is 6.04 Å². The Morgan fingerprint density at radius 3 is 2.29 bits per heavy atom. The molecule has 0 aliphatic carbocycles. The molecule has 2 amide bonds. The van der Waals surface area contributed by atoms with E-state index in [0.717, 1.165) is 34.2 Å². The Morgan fingerprint density at radius 1 is 0.822 bits per heavy atom. The molecule has 1 aliphatic heterocycles. The fraction of sp³-hybridized carbons (Fsp3) is 0.184. The third-order valence-corrected chi connectivity index (χ3v) is 8.12. The fourth-order valence-corrected chi connectivity index (χ4v) is 5.64. The molecule has 0 saturated carbocycles. The maximum atomic E-state index is 14.5. The van der Waals surface area contributed by atoms with Crippen molar-refractivity contribution >= 4 is 17.9 Å². The number of hydrogen-bond donors (Lipinski definition) is 0. The first kappa shape index (κ1) is 29.6. The van der Waals surface area contributed by atoms with E-state index in [4.69, 9.17) is 0 Å². The third kappa shape index (κ3) is 7.39. The van der Waals surface area contributed by atoms with Crippen molar-refractivity contribution in [3.8, 4) is 11.4 Å². The average molecular weight is 594 g/mol. The van der Waals surface area contributed by atoms with Crippen molar-refractivity contribution in [3.63, 3.8) is 0 Å². The van der Waals surface area contributed by atoms with Gasteiger partial charge in [-0.2, -0.15) is 0 Å². The van der Waals surface area contributed by atoms with Crippen LogP contribution in [-0.2, 0) is 35.5 Å². The van der Waals surface area contributed by atoms with Gasteiger partial charge in [0, 0.05) is 56.3 Å². The third-order valence-electron chi connectivity index (χ3n) is 8.12. The number of hydrogen-bond acceptors (Lipinski definition) is 5. The molecule has 5 aromatic rings. The number of pyridine rings is 1. The summed E-state index contributed by atoms with van der Waals surface area (Å²) in [7, 11) is 0. The zero-order chi connectivity index (χ0) is 31.0.